The van der Waals surface area contributed by atoms with Gasteiger partial charge < -0.3 is 59.1 Å². The Labute approximate surface area is 790 Å². The number of hydrogen-bond donors (Lipinski definition) is 6. The normalized spacial score (nSPS) is 13.7. The smallest absolute Gasteiger partial charge is 0.321 e. The summed E-state index contributed by atoms with van der Waals surface area (Å²) in [5.41, 5.74) is 3.08. The Kier molecular flexibility index (Phi) is 40.5. The van der Waals surface area contributed by atoms with Crippen LogP contribution in [0.4, 0.5) is 8.78 Å². The van der Waals surface area contributed by atoms with E-state index in [4.69, 9.17) is 51.6 Å². The fourth-order valence-corrected chi connectivity index (χ4v) is 16.0. The summed E-state index contributed by atoms with van der Waals surface area (Å²) in [4.78, 5) is 74.9. The summed E-state index contributed by atoms with van der Waals surface area (Å²) >= 11 is 13.4. The third kappa shape index (κ3) is 30.3. The van der Waals surface area contributed by atoms with Crippen molar-refractivity contribution in [3.05, 3.63) is 421 Å². The highest BCUT2D eigenvalue weighted by atomic mass is 35.5. The number of fused-ring (bicyclic) bond motifs is 1. The van der Waals surface area contributed by atoms with Crippen molar-refractivity contribution in [2.45, 2.75) is 171 Å². The third-order valence-electron chi connectivity index (χ3n) is 23.0. The molecular formula is C110H114Cl2F2O18S. The number of hydrogen-bond acceptors (Lipinski definition) is 19. The van der Waals surface area contributed by atoms with Crippen LogP contribution in [0.3, 0.4) is 0 Å². The van der Waals surface area contributed by atoms with Crippen LogP contribution in [-0.4, -0.2) is 103 Å². The van der Waals surface area contributed by atoms with Crippen molar-refractivity contribution in [1.82, 2.24) is 0 Å². The SMILES string of the molecule is CC(C)(O)C(C(=O)Oc1csc2ccccc12)c1ccccc1.CC(CO)(C(=O)OCc1ccccc1)c1ccccc1.CC(CO)(C(=O)OCc1ccccc1F)c1ccccc1.CCC(O)(CC)C(C(=O)OCc1ccccc1)c1ccc(C)cc1.O=C(OCc1ccccc1)[C@H](CO)c1ccc(Cl)cc1.O=C(OCc1ccccc1F)C(c1cccc(Cl)c1)C1(O)CCCC1. The van der Waals surface area contributed by atoms with E-state index in [0.29, 0.717) is 69.3 Å². The van der Waals surface area contributed by atoms with E-state index < -0.39 is 92.8 Å². The molecule has 12 aromatic carbocycles. The van der Waals surface area contributed by atoms with E-state index in [1.54, 1.807) is 137 Å². The van der Waals surface area contributed by atoms with Crippen molar-refractivity contribution in [3.63, 3.8) is 0 Å². The average molecular weight is 1870 g/mol. The Hall–Kier alpha value is -12.4. The minimum Gasteiger partial charge on any atom is -0.460 e. The molecule has 0 radical (unpaired) electrons. The zero-order valence-corrected chi connectivity index (χ0v) is 77.8. The summed E-state index contributed by atoms with van der Waals surface area (Å²) in [5.74, 6) is -6.09. The van der Waals surface area contributed by atoms with E-state index in [9.17, 15) is 68.2 Å². The van der Waals surface area contributed by atoms with Crippen LogP contribution in [0.2, 0.25) is 10.0 Å². The first-order valence-electron chi connectivity index (χ1n) is 43.7. The van der Waals surface area contributed by atoms with Crippen LogP contribution in [0.5, 0.6) is 5.75 Å². The average Bonchev–Trinajstić information content (AvgIpc) is 1.69. The molecule has 18 nitrogen and oxygen atoms in total. The maximum atomic E-state index is 13.7. The number of benzene rings is 12. The molecule has 23 heteroatoms. The number of aryl methyl sites for hydroxylation is 1. The molecule has 696 valence electrons. The summed E-state index contributed by atoms with van der Waals surface area (Å²) in [6.45, 7) is 11.7. The molecule has 5 unspecified atom stereocenters. The number of carbonyl (C=O) groups is 6. The van der Waals surface area contributed by atoms with Gasteiger partial charge in [-0.25, -0.2) is 8.78 Å². The molecule has 0 amide bonds. The van der Waals surface area contributed by atoms with Crippen molar-refractivity contribution < 1.29 is 96.6 Å². The van der Waals surface area contributed by atoms with Gasteiger partial charge in [0.05, 0.1) is 36.6 Å². The van der Waals surface area contributed by atoms with Gasteiger partial charge in [-0.05, 0) is 159 Å². The number of carbonyl (C=O) groups excluding carboxylic acids is 6. The zero-order chi connectivity index (χ0) is 96.0. The first-order valence-corrected chi connectivity index (χ1v) is 45.4. The number of halogens is 4. The van der Waals surface area contributed by atoms with E-state index in [1.807, 2.05) is 232 Å². The van der Waals surface area contributed by atoms with Gasteiger partial charge in [-0.3, -0.25) is 28.8 Å². The summed E-state index contributed by atoms with van der Waals surface area (Å²) < 4.78 is 60.6. The van der Waals surface area contributed by atoms with E-state index >= 15 is 0 Å². The number of esters is 6. The van der Waals surface area contributed by atoms with Crippen LogP contribution in [-0.2, 0) is 96.3 Å². The van der Waals surface area contributed by atoms with Crippen molar-refractivity contribution in [2.75, 3.05) is 19.8 Å². The number of aliphatic hydroxyl groups excluding tert-OH is 3. The Morgan fingerprint density at radius 2 is 0.820 bits per heavy atom. The molecule has 13 aromatic rings. The van der Waals surface area contributed by atoms with Crippen molar-refractivity contribution in [3.8, 4) is 5.75 Å². The molecule has 133 heavy (non-hydrogen) atoms. The lowest BCUT2D eigenvalue weighted by molar-refractivity contribution is -0.155. The zero-order valence-electron chi connectivity index (χ0n) is 75.5. The monoisotopic (exact) mass is 1860 g/mol. The second-order valence-corrected chi connectivity index (χ2v) is 34.9. The van der Waals surface area contributed by atoms with Crippen LogP contribution in [0.1, 0.15) is 171 Å². The molecule has 0 spiro atoms. The van der Waals surface area contributed by atoms with Gasteiger partial charge in [0, 0.05) is 36.6 Å². The Morgan fingerprint density at radius 1 is 0.421 bits per heavy atom. The molecule has 0 saturated heterocycles. The molecular weight excluding hydrogens is 1750 g/mol. The molecule has 0 bridgehead atoms. The summed E-state index contributed by atoms with van der Waals surface area (Å²) in [5, 5.41) is 64.8. The van der Waals surface area contributed by atoms with Crippen LogP contribution in [0.25, 0.3) is 10.1 Å². The molecule has 6 N–H and O–H groups in total. The topological polar surface area (TPSA) is 279 Å². The lowest BCUT2D eigenvalue weighted by atomic mass is 9.78. The lowest BCUT2D eigenvalue weighted by Gasteiger charge is -2.33. The molecule has 6 atom stereocenters. The van der Waals surface area contributed by atoms with Crippen molar-refractivity contribution in [2.24, 2.45) is 0 Å². The lowest BCUT2D eigenvalue weighted by Crippen LogP contribution is -2.40. The van der Waals surface area contributed by atoms with Crippen LogP contribution < -0.4 is 4.74 Å². The summed E-state index contributed by atoms with van der Waals surface area (Å²) in [6, 6.07) is 97.3. The van der Waals surface area contributed by atoms with E-state index in [1.165, 1.54) is 23.5 Å². The van der Waals surface area contributed by atoms with Gasteiger partial charge in [-0.15, -0.1) is 11.3 Å². The van der Waals surface area contributed by atoms with Crippen LogP contribution in [0.15, 0.2) is 333 Å². The molecule has 0 aliphatic heterocycles. The van der Waals surface area contributed by atoms with E-state index in [-0.39, 0.29) is 58.8 Å². The highest BCUT2D eigenvalue weighted by Crippen LogP contribution is 2.44. The predicted molar refractivity (Wildman–Crippen MR) is 514 cm³/mol. The number of thiophene rings is 1. The Balaban J connectivity index is 0.000000180. The second-order valence-electron chi connectivity index (χ2n) is 33.1. The molecule has 1 aliphatic carbocycles. The first-order chi connectivity index (χ1) is 63.9. The Bertz CT molecular complexity index is 5770. The second kappa shape index (κ2) is 51.6. The molecule has 1 saturated carbocycles. The van der Waals surface area contributed by atoms with E-state index in [0.717, 1.165) is 61.9 Å². The fourth-order valence-electron chi connectivity index (χ4n) is 14.8. The summed E-state index contributed by atoms with van der Waals surface area (Å²) in [7, 11) is 0. The number of ether oxygens (including phenoxy) is 6. The molecule has 1 aliphatic rings. The predicted octanol–water partition coefficient (Wildman–Crippen LogP) is 22.0. The quantitative estimate of drug-likeness (QED) is 0.0174. The molecule has 1 fully saturated rings. The highest BCUT2D eigenvalue weighted by molar-refractivity contribution is 7.17. The minimum atomic E-state index is -1.22. The van der Waals surface area contributed by atoms with Gasteiger partial charge in [-0.2, -0.15) is 0 Å². The van der Waals surface area contributed by atoms with Gasteiger partial charge in [0.25, 0.3) is 0 Å². The molecule has 1 aromatic heterocycles. The number of rotatable bonds is 31. The first kappa shape index (κ1) is 104. The maximum Gasteiger partial charge on any atom is 0.321 e. The molecule has 1 heterocycles. The van der Waals surface area contributed by atoms with Gasteiger partial charge in [-0.1, -0.05) is 335 Å². The maximum absolute atomic E-state index is 13.7. The van der Waals surface area contributed by atoms with Gasteiger partial charge in [0.1, 0.15) is 84.9 Å². The third-order valence-corrected chi connectivity index (χ3v) is 24.4. The Morgan fingerprint density at radius 3 is 1.28 bits per heavy atom. The van der Waals surface area contributed by atoms with Crippen molar-refractivity contribution in [1.29, 1.82) is 0 Å². The highest BCUT2D eigenvalue weighted by Gasteiger charge is 2.47. The minimum absolute atomic E-state index is 0.159. The van der Waals surface area contributed by atoms with Gasteiger partial charge in [0.2, 0.25) is 0 Å². The van der Waals surface area contributed by atoms with E-state index in [2.05, 4.69) is 0 Å². The molecule has 14 rings (SSSR count). The standard InChI is InChI=1S/C21H26O3.C20H20ClFO3.C19H18O3S.C17H17FO3.C17H18O3.C16H15ClO3/c1-4-21(23,5-2)19(18-13-11-16(3)12-14-18)20(22)24-15-17-9-7-6-8-10-17;21-16-8-5-7-14(12-16)18(20(24)10-3-4-11-20)19(23)25-13-15-6-1-2-9-17(15)22;1-19(2,21)17(13-8-4-3-5-9-13)18(20)22-15-12-23-16-11-7-6-10-14(15)16;1-17(12-19,14-8-3-2-4-9-14)16(20)21-11-13-7-5-6-10-15(13)18;1-17(13-18,15-10-6-3-7-11-15)16(19)20-12-14-8-4-2-5-9-14;17-14-8-6-13(7-9-14)15(10-18)16(19)20-11-12-4-2-1-3-5-12/h6-14,19,23H,4-5,15H2,1-3H3;1-2,5-9,12,18,24H,3-4,10-11,13H2;3-12,17,21H,1-2H3;2-10,19H,11-12H2,1H3;2-11,18H,12-13H2,1H3;1-9,15,18H,10-11H2/t;;;;;15-/m.....1/s1. The fraction of sp³-hybridized carbons (Fsp3) is 0.273. The van der Waals surface area contributed by atoms with Gasteiger partial charge in [0.15, 0.2) is 0 Å². The summed E-state index contributed by atoms with van der Waals surface area (Å²) in [6.07, 6.45) is 3.74. The van der Waals surface area contributed by atoms with Crippen LogP contribution in [0, 0.1) is 18.6 Å². The number of aliphatic hydroxyl groups is 6. The van der Waals surface area contributed by atoms with Crippen LogP contribution >= 0.6 is 34.5 Å². The largest absolute Gasteiger partial charge is 0.460 e. The van der Waals surface area contributed by atoms with Crippen molar-refractivity contribution >= 4 is 80.4 Å². The van der Waals surface area contributed by atoms with Gasteiger partial charge >= 0.3 is 35.8 Å².